The summed E-state index contributed by atoms with van der Waals surface area (Å²) >= 11 is 0. The summed E-state index contributed by atoms with van der Waals surface area (Å²) in [6, 6.07) is 1.74. The summed E-state index contributed by atoms with van der Waals surface area (Å²) in [4.78, 5) is 11.1. The van der Waals surface area contributed by atoms with Gasteiger partial charge < -0.3 is 5.11 Å². The third-order valence-electron chi connectivity index (χ3n) is 3.79. The van der Waals surface area contributed by atoms with Gasteiger partial charge in [0.25, 0.3) is 0 Å². The predicted octanol–water partition coefficient (Wildman–Crippen LogP) is 1.29. The van der Waals surface area contributed by atoms with Crippen molar-refractivity contribution in [3.63, 3.8) is 0 Å². The number of carbonyl (C=O) groups is 1. The number of nitrogens with zero attached hydrogens (tertiary/aromatic N) is 6. The van der Waals surface area contributed by atoms with Crippen LogP contribution in [0.3, 0.4) is 0 Å². The average Bonchev–Trinajstić information content (AvgIpc) is 3.04. The zero-order chi connectivity index (χ0) is 15.0. The molecule has 0 amide bonds. The highest BCUT2D eigenvalue weighted by Crippen LogP contribution is 2.42. The van der Waals surface area contributed by atoms with Gasteiger partial charge in [-0.2, -0.15) is 5.10 Å². The van der Waals surface area contributed by atoms with E-state index in [0.717, 1.165) is 24.2 Å². The van der Waals surface area contributed by atoms with Crippen molar-refractivity contribution in [2.75, 3.05) is 0 Å². The second-order valence-electron chi connectivity index (χ2n) is 5.44. The van der Waals surface area contributed by atoms with E-state index in [-0.39, 0.29) is 12.5 Å². The lowest BCUT2D eigenvalue weighted by atomic mass is 10.1. The molecule has 1 aliphatic rings. The third-order valence-corrected chi connectivity index (χ3v) is 3.79. The van der Waals surface area contributed by atoms with Gasteiger partial charge in [0, 0.05) is 6.54 Å². The van der Waals surface area contributed by atoms with Gasteiger partial charge in [0.05, 0.1) is 18.2 Å². The fourth-order valence-electron chi connectivity index (χ4n) is 2.66. The Balaban J connectivity index is 2.01. The minimum atomic E-state index is -0.825. The Bertz CT molecular complexity index is 657. The smallest absolute Gasteiger partial charge is 0.305 e. The van der Waals surface area contributed by atoms with Crippen LogP contribution in [0.4, 0.5) is 0 Å². The Hall–Kier alpha value is -2.25. The number of aliphatic carboxylic acids is 1. The highest BCUT2D eigenvalue weighted by atomic mass is 16.4. The van der Waals surface area contributed by atoms with Gasteiger partial charge in [0.2, 0.25) is 5.82 Å². The molecule has 1 N–H and O–H groups in total. The van der Waals surface area contributed by atoms with Gasteiger partial charge in [-0.25, -0.2) is 4.68 Å². The Morgan fingerprint density at radius 1 is 1.52 bits per heavy atom. The number of carboxylic acids is 1. The highest BCUT2D eigenvalue weighted by molar-refractivity contribution is 5.67. The van der Waals surface area contributed by atoms with Crippen molar-refractivity contribution in [1.29, 1.82) is 0 Å². The van der Waals surface area contributed by atoms with Crippen molar-refractivity contribution >= 4 is 5.97 Å². The molecule has 8 nitrogen and oxygen atoms in total. The van der Waals surface area contributed by atoms with E-state index < -0.39 is 5.97 Å². The van der Waals surface area contributed by atoms with E-state index in [1.165, 1.54) is 0 Å². The van der Waals surface area contributed by atoms with E-state index in [0.29, 0.717) is 18.3 Å². The topological polar surface area (TPSA) is 98.7 Å². The van der Waals surface area contributed by atoms with Crippen LogP contribution in [-0.4, -0.2) is 41.1 Å². The highest BCUT2D eigenvalue weighted by Gasteiger charge is 2.36. The van der Waals surface area contributed by atoms with Crippen molar-refractivity contribution in [2.24, 2.45) is 5.92 Å². The predicted molar refractivity (Wildman–Crippen MR) is 73.5 cm³/mol. The van der Waals surface area contributed by atoms with Crippen LogP contribution in [0.1, 0.15) is 37.9 Å². The molecule has 2 aromatic heterocycles. The molecular formula is C13H18N6O2. The van der Waals surface area contributed by atoms with E-state index in [2.05, 4.69) is 20.6 Å². The van der Waals surface area contributed by atoms with Gasteiger partial charge in [-0.05, 0) is 49.1 Å². The molecule has 1 saturated carbocycles. The molecule has 0 aromatic carbocycles. The molecule has 0 aliphatic heterocycles. The average molecular weight is 290 g/mol. The number of hydrogen-bond donors (Lipinski definition) is 1. The van der Waals surface area contributed by atoms with Gasteiger partial charge in [-0.1, -0.05) is 0 Å². The quantitative estimate of drug-likeness (QED) is 0.860. The van der Waals surface area contributed by atoms with Gasteiger partial charge >= 0.3 is 5.97 Å². The molecule has 2 heterocycles. The Kier molecular flexibility index (Phi) is 3.44. The number of aryl methyl sites for hydroxylation is 2. The summed E-state index contributed by atoms with van der Waals surface area (Å²) in [6.45, 7) is 4.63. The third kappa shape index (κ3) is 2.65. The summed E-state index contributed by atoms with van der Waals surface area (Å²) in [5, 5.41) is 25.4. The molecule has 0 bridgehead atoms. The number of aromatic nitrogens is 6. The zero-order valence-corrected chi connectivity index (χ0v) is 12.1. The van der Waals surface area contributed by atoms with Gasteiger partial charge in [-0.15, -0.1) is 5.10 Å². The first-order chi connectivity index (χ1) is 10.1. The summed E-state index contributed by atoms with van der Waals surface area (Å²) in [5.74, 6) is 0.117. The maximum absolute atomic E-state index is 11.1. The number of hydrogen-bond acceptors (Lipinski definition) is 5. The van der Waals surface area contributed by atoms with Gasteiger partial charge in [-0.3, -0.25) is 9.48 Å². The minimum Gasteiger partial charge on any atom is -0.481 e. The van der Waals surface area contributed by atoms with Crippen LogP contribution in [0.15, 0.2) is 6.07 Å². The van der Waals surface area contributed by atoms with E-state index in [9.17, 15) is 4.79 Å². The number of rotatable bonds is 6. The Labute approximate surface area is 121 Å². The number of carboxylic acid groups (broad SMARTS) is 1. The van der Waals surface area contributed by atoms with E-state index in [4.69, 9.17) is 5.11 Å². The van der Waals surface area contributed by atoms with Crippen molar-refractivity contribution < 1.29 is 9.90 Å². The first kappa shape index (κ1) is 13.7. The standard InChI is InChI=1S/C13H18N6O2/c1-3-18-11(6-8(2)15-18)13-14-16-17-19(13)10(7-12(20)21)9-4-5-9/h6,9-10H,3-5,7H2,1-2H3,(H,20,21). The fraction of sp³-hybridized carbons (Fsp3) is 0.615. The lowest BCUT2D eigenvalue weighted by molar-refractivity contribution is -0.138. The zero-order valence-electron chi connectivity index (χ0n) is 12.1. The SMILES string of the molecule is CCn1nc(C)cc1-c1nnnn1C(CC(=O)O)C1CC1. The molecule has 0 radical (unpaired) electrons. The van der Waals surface area contributed by atoms with E-state index in [1.54, 1.807) is 4.68 Å². The molecule has 1 aliphatic carbocycles. The molecule has 8 heteroatoms. The largest absolute Gasteiger partial charge is 0.481 e. The lowest BCUT2D eigenvalue weighted by Crippen LogP contribution is -2.19. The molecule has 1 atom stereocenters. The summed E-state index contributed by atoms with van der Waals surface area (Å²) in [5.41, 5.74) is 1.72. The Morgan fingerprint density at radius 2 is 2.29 bits per heavy atom. The van der Waals surface area contributed by atoms with Crippen LogP contribution >= 0.6 is 0 Å². The second kappa shape index (κ2) is 5.27. The van der Waals surface area contributed by atoms with Crippen LogP contribution in [-0.2, 0) is 11.3 Å². The van der Waals surface area contributed by atoms with Crippen LogP contribution in [0.2, 0.25) is 0 Å². The molecule has 0 saturated heterocycles. The van der Waals surface area contributed by atoms with Gasteiger partial charge in [0.1, 0.15) is 5.69 Å². The lowest BCUT2D eigenvalue weighted by Gasteiger charge is -2.15. The first-order valence-electron chi connectivity index (χ1n) is 7.14. The molecule has 2 aromatic rings. The molecule has 3 rings (SSSR count). The monoisotopic (exact) mass is 290 g/mol. The molecule has 21 heavy (non-hydrogen) atoms. The van der Waals surface area contributed by atoms with E-state index in [1.807, 2.05) is 24.6 Å². The normalized spacial score (nSPS) is 16.1. The summed E-state index contributed by atoms with van der Waals surface area (Å²) in [7, 11) is 0. The molecule has 0 spiro atoms. The molecule has 1 fully saturated rings. The maximum Gasteiger partial charge on any atom is 0.305 e. The molecule has 112 valence electrons. The molecular weight excluding hydrogens is 272 g/mol. The van der Waals surface area contributed by atoms with Crippen molar-refractivity contribution in [2.45, 2.75) is 45.7 Å². The second-order valence-corrected chi connectivity index (χ2v) is 5.44. The maximum atomic E-state index is 11.1. The molecule has 1 unspecified atom stereocenters. The van der Waals surface area contributed by atoms with Crippen LogP contribution in [0.25, 0.3) is 11.5 Å². The first-order valence-corrected chi connectivity index (χ1v) is 7.14. The fourth-order valence-corrected chi connectivity index (χ4v) is 2.66. The van der Waals surface area contributed by atoms with Gasteiger partial charge in [0.15, 0.2) is 0 Å². The van der Waals surface area contributed by atoms with E-state index >= 15 is 0 Å². The summed E-state index contributed by atoms with van der Waals surface area (Å²) < 4.78 is 3.50. The van der Waals surface area contributed by atoms with Crippen molar-refractivity contribution in [3.05, 3.63) is 11.8 Å². The van der Waals surface area contributed by atoms with Crippen LogP contribution < -0.4 is 0 Å². The van der Waals surface area contributed by atoms with Crippen molar-refractivity contribution in [1.82, 2.24) is 30.0 Å². The van der Waals surface area contributed by atoms with Crippen molar-refractivity contribution in [3.8, 4) is 11.5 Å². The Morgan fingerprint density at radius 3 is 2.90 bits per heavy atom. The van der Waals surface area contributed by atoms with Crippen LogP contribution in [0, 0.1) is 12.8 Å². The minimum absolute atomic E-state index is 0.0436. The number of tetrazole rings is 1. The van der Waals surface area contributed by atoms with Crippen LogP contribution in [0.5, 0.6) is 0 Å². The summed E-state index contributed by atoms with van der Waals surface area (Å²) in [6.07, 6.45) is 2.11.